The summed E-state index contributed by atoms with van der Waals surface area (Å²) in [7, 11) is 0. The first-order valence-corrected chi connectivity index (χ1v) is 3.71. The summed E-state index contributed by atoms with van der Waals surface area (Å²) >= 11 is 2.42. The van der Waals surface area contributed by atoms with E-state index in [1.165, 1.54) is 4.98 Å². The topological polar surface area (TPSA) is 65.7 Å². The average molecular weight is 259 g/mol. The van der Waals surface area contributed by atoms with Crippen LogP contribution in [0.5, 0.6) is 0 Å². The van der Waals surface area contributed by atoms with E-state index in [9.17, 15) is 22.8 Å². The summed E-state index contributed by atoms with van der Waals surface area (Å²) in [6.45, 7) is 0. The number of aromatic amines is 2. The van der Waals surface area contributed by atoms with Crippen LogP contribution in [0.4, 0.5) is 13.2 Å². The van der Waals surface area contributed by atoms with Crippen LogP contribution in [0.15, 0.2) is 14.1 Å². The second-order valence-electron chi connectivity index (χ2n) is 2.09. The van der Waals surface area contributed by atoms with Gasteiger partial charge in [-0.3, -0.25) is 9.78 Å². The first kappa shape index (κ1) is 10.0. The van der Waals surface area contributed by atoms with E-state index in [1.54, 1.807) is 4.98 Å². The average Bonchev–Trinajstić information content (AvgIpc) is 1.94. The Bertz CT molecular complexity index is 433. The highest BCUT2D eigenvalue weighted by Gasteiger charge is 2.35. The first-order chi connectivity index (χ1) is 5.82. The van der Waals surface area contributed by atoms with Crippen LogP contribution >= 0.6 is 15.9 Å². The van der Waals surface area contributed by atoms with Gasteiger partial charge in [-0.15, -0.1) is 0 Å². The van der Waals surface area contributed by atoms with Crippen molar-refractivity contribution >= 4 is 15.9 Å². The van der Waals surface area contributed by atoms with Crippen LogP contribution < -0.4 is 11.2 Å². The van der Waals surface area contributed by atoms with Gasteiger partial charge in [0.15, 0.2) is 0 Å². The van der Waals surface area contributed by atoms with Crippen molar-refractivity contribution in [3.8, 4) is 0 Å². The number of H-pyrrole nitrogens is 2. The minimum Gasteiger partial charge on any atom is -0.302 e. The van der Waals surface area contributed by atoms with Crippen molar-refractivity contribution in [2.75, 3.05) is 0 Å². The van der Waals surface area contributed by atoms with Crippen LogP contribution in [0.3, 0.4) is 0 Å². The SMILES string of the molecule is O=c1[nH]c(C(F)(F)F)c(Br)c(=O)[nH]1. The summed E-state index contributed by atoms with van der Waals surface area (Å²) in [6.07, 6.45) is -4.76. The molecule has 2 N–H and O–H groups in total. The quantitative estimate of drug-likeness (QED) is 0.725. The number of halogens is 4. The monoisotopic (exact) mass is 258 g/mol. The van der Waals surface area contributed by atoms with Crippen molar-refractivity contribution < 1.29 is 13.2 Å². The van der Waals surface area contributed by atoms with Gasteiger partial charge in [-0.05, 0) is 15.9 Å². The molecule has 0 aromatic carbocycles. The zero-order chi connectivity index (χ0) is 10.2. The Morgan fingerprint density at radius 1 is 1.15 bits per heavy atom. The smallest absolute Gasteiger partial charge is 0.302 e. The van der Waals surface area contributed by atoms with Gasteiger partial charge < -0.3 is 4.98 Å². The molecular formula is C5H2BrF3N2O2. The normalized spacial score (nSPS) is 11.7. The molecule has 0 amide bonds. The molecule has 0 atom stereocenters. The molecule has 0 aliphatic carbocycles. The van der Waals surface area contributed by atoms with Crippen LogP contribution in [-0.2, 0) is 6.18 Å². The molecule has 1 heterocycles. The summed E-state index contributed by atoms with van der Waals surface area (Å²) in [6, 6.07) is 0. The molecule has 0 saturated carbocycles. The predicted octanol–water partition coefficient (Wildman–Crippen LogP) is 0.844. The Morgan fingerprint density at radius 3 is 2.15 bits per heavy atom. The van der Waals surface area contributed by atoms with Crippen molar-refractivity contribution in [1.82, 2.24) is 9.97 Å². The molecule has 0 spiro atoms. The fourth-order valence-electron chi connectivity index (χ4n) is 0.666. The lowest BCUT2D eigenvalue weighted by Crippen LogP contribution is -2.28. The van der Waals surface area contributed by atoms with Gasteiger partial charge in [0, 0.05) is 0 Å². The molecule has 1 rings (SSSR count). The van der Waals surface area contributed by atoms with Gasteiger partial charge in [0.1, 0.15) is 10.2 Å². The maximum atomic E-state index is 12.1. The van der Waals surface area contributed by atoms with Crippen molar-refractivity contribution in [2.24, 2.45) is 0 Å². The molecule has 4 nitrogen and oxygen atoms in total. The fraction of sp³-hybridized carbons (Fsp3) is 0.200. The van der Waals surface area contributed by atoms with E-state index in [0.29, 0.717) is 0 Å². The van der Waals surface area contributed by atoms with Gasteiger partial charge in [-0.2, -0.15) is 13.2 Å². The van der Waals surface area contributed by atoms with E-state index in [0.717, 1.165) is 0 Å². The third-order valence-electron chi connectivity index (χ3n) is 1.17. The molecule has 0 saturated heterocycles. The maximum absolute atomic E-state index is 12.1. The summed E-state index contributed by atoms with van der Waals surface area (Å²) < 4.78 is 35.4. The Balaban J connectivity index is 3.56. The molecule has 72 valence electrons. The van der Waals surface area contributed by atoms with Crippen LogP contribution in [-0.4, -0.2) is 9.97 Å². The minimum atomic E-state index is -4.76. The Labute approximate surface area is 76.9 Å². The molecule has 0 aliphatic rings. The zero-order valence-electron chi connectivity index (χ0n) is 5.83. The molecule has 0 bridgehead atoms. The van der Waals surface area contributed by atoms with Gasteiger partial charge in [0.2, 0.25) is 0 Å². The van der Waals surface area contributed by atoms with Crippen LogP contribution in [0.1, 0.15) is 5.69 Å². The van der Waals surface area contributed by atoms with E-state index in [-0.39, 0.29) is 0 Å². The summed E-state index contributed by atoms with van der Waals surface area (Å²) in [5.74, 6) is 0. The molecule has 0 unspecified atom stereocenters. The highest BCUT2D eigenvalue weighted by molar-refractivity contribution is 9.10. The molecule has 0 aliphatic heterocycles. The summed E-state index contributed by atoms with van der Waals surface area (Å²) in [4.78, 5) is 24.3. The van der Waals surface area contributed by atoms with Crippen molar-refractivity contribution in [2.45, 2.75) is 6.18 Å². The third-order valence-corrected chi connectivity index (χ3v) is 1.92. The molecule has 0 fully saturated rings. The van der Waals surface area contributed by atoms with Gasteiger partial charge in [-0.1, -0.05) is 0 Å². The van der Waals surface area contributed by atoms with E-state index in [1.807, 2.05) is 0 Å². The number of aromatic nitrogens is 2. The molecule has 8 heteroatoms. The van der Waals surface area contributed by atoms with Crippen LogP contribution in [0.2, 0.25) is 0 Å². The Hall–Kier alpha value is -1.05. The minimum absolute atomic E-state index is 0.736. The Morgan fingerprint density at radius 2 is 1.69 bits per heavy atom. The van der Waals surface area contributed by atoms with Gasteiger partial charge in [0.05, 0.1) is 0 Å². The Kier molecular flexibility index (Phi) is 2.33. The highest BCUT2D eigenvalue weighted by Crippen LogP contribution is 2.30. The van der Waals surface area contributed by atoms with Crippen molar-refractivity contribution in [1.29, 1.82) is 0 Å². The van der Waals surface area contributed by atoms with E-state index in [4.69, 9.17) is 0 Å². The third kappa shape index (κ3) is 2.00. The van der Waals surface area contributed by atoms with E-state index >= 15 is 0 Å². The zero-order valence-corrected chi connectivity index (χ0v) is 7.41. The lowest BCUT2D eigenvalue weighted by Gasteiger charge is -2.06. The second kappa shape index (κ2) is 3.02. The number of rotatable bonds is 0. The van der Waals surface area contributed by atoms with Gasteiger partial charge >= 0.3 is 11.9 Å². The van der Waals surface area contributed by atoms with Crippen molar-refractivity contribution in [3.63, 3.8) is 0 Å². The van der Waals surface area contributed by atoms with Crippen LogP contribution in [0.25, 0.3) is 0 Å². The number of hydrogen-bond acceptors (Lipinski definition) is 2. The first-order valence-electron chi connectivity index (χ1n) is 2.91. The number of alkyl halides is 3. The lowest BCUT2D eigenvalue weighted by molar-refractivity contribution is -0.142. The molecule has 1 aromatic rings. The molecule has 1 aromatic heterocycles. The van der Waals surface area contributed by atoms with Gasteiger partial charge in [0.25, 0.3) is 5.56 Å². The number of nitrogens with one attached hydrogen (secondary N) is 2. The van der Waals surface area contributed by atoms with E-state index in [2.05, 4.69) is 15.9 Å². The van der Waals surface area contributed by atoms with Crippen molar-refractivity contribution in [3.05, 3.63) is 31.0 Å². The molecule has 13 heavy (non-hydrogen) atoms. The predicted molar refractivity (Wildman–Crippen MR) is 40.4 cm³/mol. The molecule has 0 radical (unpaired) electrons. The fourth-order valence-corrected chi connectivity index (χ4v) is 1.09. The van der Waals surface area contributed by atoms with E-state index < -0.39 is 27.6 Å². The number of hydrogen-bond donors (Lipinski definition) is 2. The molecular weight excluding hydrogens is 257 g/mol. The van der Waals surface area contributed by atoms with Crippen LogP contribution in [0, 0.1) is 0 Å². The standard InChI is InChI=1S/C5H2BrF3N2O2/c6-1-2(5(7,8)9)10-4(13)11-3(1)12/h(H2,10,11,12,13). The van der Waals surface area contributed by atoms with Gasteiger partial charge in [-0.25, -0.2) is 4.79 Å². The largest absolute Gasteiger partial charge is 0.432 e. The highest BCUT2D eigenvalue weighted by atomic mass is 79.9. The summed E-state index contributed by atoms with van der Waals surface area (Å²) in [5, 5.41) is 0. The lowest BCUT2D eigenvalue weighted by atomic mass is 10.4. The second-order valence-corrected chi connectivity index (χ2v) is 2.89. The summed E-state index contributed by atoms with van der Waals surface area (Å²) in [5.41, 5.74) is -3.70. The maximum Gasteiger partial charge on any atom is 0.432 e.